The fourth-order valence-electron chi connectivity index (χ4n) is 8.35. The maximum Gasteiger partial charge on any atom is 0.155 e. The maximum absolute atomic E-state index is 9.37. The lowest BCUT2D eigenvalue weighted by Gasteiger charge is -2.04. The van der Waals surface area contributed by atoms with Gasteiger partial charge < -0.3 is 0 Å². The molecule has 0 aromatic carbocycles. The molecule has 4 heterocycles. The van der Waals surface area contributed by atoms with Crippen molar-refractivity contribution in [2.75, 3.05) is 0 Å². The highest BCUT2D eigenvalue weighted by Gasteiger charge is 2.23. The Kier molecular flexibility index (Phi) is 24.4. The Morgan fingerprint density at radius 3 is 1.05 bits per heavy atom. The van der Waals surface area contributed by atoms with Gasteiger partial charge in [-0.25, -0.2) is 4.85 Å². The maximum atomic E-state index is 9.37. The molecule has 0 saturated heterocycles. The molecule has 0 fully saturated rings. The van der Waals surface area contributed by atoms with E-state index in [1.165, 1.54) is 242 Å². The van der Waals surface area contributed by atoms with Gasteiger partial charge in [0.1, 0.15) is 0 Å². The number of nitrogens with zero attached hydrogens (tertiary/aromatic N) is 2. The highest BCUT2D eigenvalue weighted by atomic mass is 32.1. The first-order valence-corrected chi connectivity index (χ1v) is 26.5. The van der Waals surface area contributed by atoms with Crippen molar-refractivity contribution in [3.8, 4) is 6.07 Å². The summed E-state index contributed by atoms with van der Waals surface area (Å²) < 4.78 is 8.68. The Morgan fingerprint density at radius 1 is 0.429 bits per heavy atom. The van der Waals surface area contributed by atoms with Gasteiger partial charge in [-0.1, -0.05) is 194 Å². The number of unbranched alkanes of at least 4 members (excludes halogenated alkanes) is 28. The van der Waals surface area contributed by atoms with Crippen LogP contribution in [-0.2, 0) is 12.8 Å². The smallest absolute Gasteiger partial charge is 0.155 e. The Morgan fingerprint density at radius 2 is 0.732 bits per heavy atom. The van der Waals surface area contributed by atoms with E-state index in [0.717, 1.165) is 12.8 Å². The number of fused-ring (bicyclic) bond motifs is 5. The average Bonchev–Trinajstić information content (AvgIpc) is 3.93. The van der Waals surface area contributed by atoms with E-state index in [2.05, 4.69) is 36.9 Å². The third kappa shape index (κ3) is 16.0. The summed E-state index contributed by atoms with van der Waals surface area (Å²) in [4.78, 5) is 6.15. The molecule has 0 spiro atoms. The summed E-state index contributed by atoms with van der Waals surface area (Å²) in [7, 11) is 0. The van der Waals surface area contributed by atoms with Crippen LogP contribution in [0.15, 0.2) is 12.3 Å². The monoisotopic (exact) mass is 830 g/mol. The quantitative estimate of drug-likeness (QED) is 0.0262. The second kappa shape index (κ2) is 29.3. The highest BCUT2D eigenvalue weighted by Crippen LogP contribution is 2.53. The third-order valence-electron chi connectivity index (χ3n) is 11.7. The predicted molar refractivity (Wildman–Crippen MR) is 258 cm³/mol. The summed E-state index contributed by atoms with van der Waals surface area (Å²) in [5, 5.41) is 9.37. The summed E-state index contributed by atoms with van der Waals surface area (Å²) in [5.41, 5.74) is 2.94. The summed E-state index contributed by atoms with van der Waals surface area (Å²) in [6, 6.07) is 2.25. The molecular formula is C50H74N2S4. The molecule has 0 aliphatic rings. The molecule has 6 heteroatoms. The first kappa shape index (κ1) is 46.7. The highest BCUT2D eigenvalue weighted by molar-refractivity contribution is 7.44. The predicted octanol–water partition coefficient (Wildman–Crippen LogP) is 19.6. The average molecular weight is 831 g/mol. The van der Waals surface area contributed by atoms with Gasteiger partial charge in [-0.15, -0.1) is 45.3 Å². The van der Waals surface area contributed by atoms with E-state index in [1.54, 1.807) is 12.3 Å². The molecule has 0 amide bonds. The zero-order valence-corrected chi connectivity index (χ0v) is 38.7. The fraction of sp³-hybridized carbons (Fsp3) is 0.680. The van der Waals surface area contributed by atoms with Crippen LogP contribution in [0.25, 0.3) is 45.2 Å². The van der Waals surface area contributed by atoms with Gasteiger partial charge in [-0.2, -0.15) is 5.26 Å². The van der Waals surface area contributed by atoms with Gasteiger partial charge >= 0.3 is 0 Å². The van der Waals surface area contributed by atoms with E-state index in [9.17, 15) is 5.26 Å². The zero-order valence-electron chi connectivity index (χ0n) is 35.5. The van der Waals surface area contributed by atoms with E-state index in [0.29, 0.717) is 0 Å². The van der Waals surface area contributed by atoms with Gasteiger partial charge in [0.15, 0.2) is 6.20 Å². The van der Waals surface area contributed by atoms with Crippen molar-refractivity contribution in [3.05, 3.63) is 44.6 Å². The Balaban J connectivity index is 1.24. The first-order valence-electron chi connectivity index (χ1n) is 23.2. The third-order valence-corrected chi connectivity index (χ3v) is 17.3. The molecular weight excluding hydrogens is 757 g/mol. The minimum absolute atomic E-state index is 1.11. The Labute approximate surface area is 358 Å². The van der Waals surface area contributed by atoms with Crippen LogP contribution < -0.4 is 0 Å². The summed E-state index contributed by atoms with van der Waals surface area (Å²) in [5.74, 6) is 0. The zero-order chi connectivity index (χ0) is 39.5. The molecule has 4 rings (SSSR count). The number of thiophene rings is 4. The Bertz CT molecular complexity index is 1650. The van der Waals surface area contributed by atoms with Crippen molar-refractivity contribution in [2.45, 2.75) is 219 Å². The van der Waals surface area contributed by atoms with E-state index in [-0.39, 0.29) is 0 Å². The molecule has 0 radical (unpaired) electrons. The van der Waals surface area contributed by atoms with E-state index in [1.807, 2.05) is 45.3 Å². The summed E-state index contributed by atoms with van der Waals surface area (Å²) in [6.45, 7) is 12.0. The molecule has 0 N–H and O–H groups in total. The van der Waals surface area contributed by atoms with Crippen molar-refractivity contribution in [1.82, 2.24) is 0 Å². The van der Waals surface area contributed by atoms with Crippen molar-refractivity contribution < 1.29 is 0 Å². The summed E-state index contributed by atoms with van der Waals surface area (Å²) >= 11 is 7.79. The number of allylic oxidation sites excluding steroid dienone is 1. The number of nitriles is 1. The van der Waals surface area contributed by atoms with Crippen LogP contribution in [0.1, 0.15) is 227 Å². The van der Waals surface area contributed by atoms with Gasteiger partial charge in [0, 0.05) is 15.8 Å². The van der Waals surface area contributed by atoms with Crippen LogP contribution in [0, 0.1) is 17.9 Å². The van der Waals surface area contributed by atoms with Crippen LogP contribution in [0.3, 0.4) is 0 Å². The molecule has 0 aliphatic carbocycles. The molecule has 4 aromatic rings. The van der Waals surface area contributed by atoms with Crippen molar-refractivity contribution in [3.63, 3.8) is 0 Å². The lowest BCUT2D eigenvalue weighted by Crippen LogP contribution is -1.87. The minimum atomic E-state index is 1.11. The summed E-state index contributed by atoms with van der Waals surface area (Å²) in [6.07, 6.45) is 51.3. The molecule has 308 valence electrons. The minimum Gasteiger partial charge on any atom is -0.246 e. The van der Waals surface area contributed by atoms with Crippen LogP contribution >= 0.6 is 45.3 Å². The number of hydrogen-bond donors (Lipinski definition) is 0. The van der Waals surface area contributed by atoms with Gasteiger partial charge in [-0.05, 0) is 49.0 Å². The molecule has 0 aliphatic heterocycles. The standard InChI is InChI=1S/C50H74N2S4/c1-4-6-8-10-12-14-16-18-20-22-24-26-28-30-32-35-41-43(37-34-39-51)53-47-45(41)55-50-48-46(56-49(47)50)42(44(54-48)38-40-52-3)36-33-31-29-27-25-23-21-19-17-15-13-11-9-7-5-2/h34,37-38,40H,4-33,35-36H2,1-2H3/b37-34+,40-38+. The van der Waals surface area contributed by atoms with Crippen LogP contribution in [0.2, 0.25) is 0 Å². The first-order chi connectivity index (χ1) is 27.7. The van der Waals surface area contributed by atoms with E-state index >= 15 is 0 Å². The number of aryl methyl sites for hydroxylation is 2. The van der Waals surface area contributed by atoms with Crippen LogP contribution in [0.4, 0.5) is 0 Å². The molecule has 0 bridgehead atoms. The van der Waals surface area contributed by atoms with Gasteiger partial charge in [0.25, 0.3) is 0 Å². The van der Waals surface area contributed by atoms with Gasteiger partial charge in [0.05, 0.1) is 40.8 Å². The van der Waals surface area contributed by atoms with Crippen molar-refractivity contribution in [1.29, 1.82) is 5.26 Å². The largest absolute Gasteiger partial charge is 0.246 e. The molecule has 4 aromatic heterocycles. The van der Waals surface area contributed by atoms with Crippen molar-refractivity contribution in [2.24, 2.45) is 0 Å². The Hall–Kier alpha value is -1.96. The molecule has 56 heavy (non-hydrogen) atoms. The lowest BCUT2D eigenvalue weighted by molar-refractivity contribution is 0.532. The fourth-order valence-corrected chi connectivity index (χ4v) is 14.4. The second-order valence-electron chi connectivity index (χ2n) is 16.4. The molecule has 0 atom stereocenters. The molecule has 2 nitrogen and oxygen atoms in total. The second-order valence-corrected chi connectivity index (χ2v) is 20.5. The van der Waals surface area contributed by atoms with Crippen molar-refractivity contribution >= 4 is 85.7 Å². The van der Waals surface area contributed by atoms with Gasteiger partial charge in [-0.3, -0.25) is 0 Å². The number of hydrogen-bond acceptors (Lipinski definition) is 5. The van der Waals surface area contributed by atoms with E-state index < -0.39 is 0 Å². The van der Waals surface area contributed by atoms with Crippen LogP contribution in [-0.4, -0.2) is 0 Å². The topological polar surface area (TPSA) is 28.1 Å². The van der Waals surface area contributed by atoms with E-state index in [4.69, 9.17) is 6.57 Å². The lowest BCUT2D eigenvalue weighted by atomic mass is 10.0. The van der Waals surface area contributed by atoms with Crippen LogP contribution in [0.5, 0.6) is 0 Å². The SMILES string of the molecule is [C-]#[N+]/C=C/c1sc2c(sc3c4sc(/C=C/C#N)c(CCCCCCCCCCCCCCCCC)c4sc23)c1CCCCCCCCCCCCCCCCC. The molecule has 0 unspecified atom stereocenters. The van der Waals surface area contributed by atoms with Gasteiger partial charge in [0.2, 0.25) is 0 Å². The molecule has 0 saturated carbocycles. The number of rotatable bonds is 34. The normalized spacial score (nSPS) is 12.1.